The molecule has 0 heterocycles. The fourth-order valence-corrected chi connectivity index (χ4v) is 1.23. The minimum absolute atomic E-state index is 1.28. The molecule has 0 aromatic carbocycles. The van der Waals surface area contributed by atoms with E-state index in [9.17, 15) is 0 Å². The zero-order valence-corrected chi connectivity index (χ0v) is 5.61. The van der Waals surface area contributed by atoms with Crippen LogP contribution in [0.2, 0.25) is 0 Å². The highest BCUT2D eigenvalue weighted by atomic mass is 14.0. The summed E-state index contributed by atoms with van der Waals surface area (Å²) in [6.45, 7) is 2.25. The zero-order chi connectivity index (χ0) is 5.82. The van der Waals surface area contributed by atoms with Crippen molar-refractivity contribution in [1.29, 1.82) is 0 Å². The van der Waals surface area contributed by atoms with Gasteiger partial charge in [-0.2, -0.15) is 0 Å². The lowest BCUT2D eigenvalue weighted by molar-refractivity contribution is 0.684. The monoisotopic (exact) mass is 110 g/mol. The van der Waals surface area contributed by atoms with Crippen LogP contribution in [0.1, 0.15) is 39.0 Å². The molecule has 0 nitrogen and oxygen atoms in total. The van der Waals surface area contributed by atoms with E-state index in [2.05, 4.69) is 13.0 Å². The third kappa shape index (κ3) is 1.36. The summed E-state index contributed by atoms with van der Waals surface area (Å²) in [6.07, 6.45) is 9.24. The normalized spacial score (nSPS) is 20.4. The van der Waals surface area contributed by atoms with Gasteiger partial charge >= 0.3 is 0 Å². The molecule has 1 aliphatic rings. The number of hydrogen-bond donors (Lipinski definition) is 0. The van der Waals surface area contributed by atoms with Crippen LogP contribution in [0.4, 0.5) is 0 Å². The first kappa shape index (κ1) is 5.87. The summed E-state index contributed by atoms with van der Waals surface area (Å²) in [5.41, 5.74) is 1.68. The topological polar surface area (TPSA) is 0 Å². The molecule has 0 radical (unpaired) electrons. The van der Waals surface area contributed by atoms with Gasteiger partial charge in [0.1, 0.15) is 0 Å². The molecule has 0 atom stereocenters. The molecule has 1 aliphatic carbocycles. The first-order valence-corrected chi connectivity index (χ1v) is 3.61. The van der Waals surface area contributed by atoms with Crippen LogP contribution in [-0.2, 0) is 0 Å². The standard InChI is InChI=1S/C8H14/c1-2-8-6-4-3-5-7-8/h6H,2-5,7H2,1H3. The Bertz CT molecular complexity index is 90.2. The summed E-state index contributed by atoms with van der Waals surface area (Å²) in [5.74, 6) is 0. The predicted molar refractivity (Wildman–Crippen MR) is 36.8 cm³/mol. The van der Waals surface area contributed by atoms with Crippen molar-refractivity contribution in [2.45, 2.75) is 39.0 Å². The van der Waals surface area contributed by atoms with Crippen molar-refractivity contribution >= 4 is 0 Å². The Morgan fingerprint density at radius 1 is 1.50 bits per heavy atom. The molecule has 0 heteroatoms. The average molecular weight is 110 g/mol. The van der Waals surface area contributed by atoms with Crippen LogP contribution >= 0.6 is 0 Å². The van der Waals surface area contributed by atoms with Gasteiger partial charge < -0.3 is 0 Å². The van der Waals surface area contributed by atoms with E-state index in [1.807, 2.05) is 0 Å². The Morgan fingerprint density at radius 3 is 2.75 bits per heavy atom. The summed E-state index contributed by atoms with van der Waals surface area (Å²) < 4.78 is 0. The third-order valence-corrected chi connectivity index (χ3v) is 1.84. The Morgan fingerprint density at radius 2 is 2.38 bits per heavy atom. The molecule has 8 heavy (non-hydrogen) atoms. The van der Waals surface area contributed by atoms with Crippen molar-refractivity contribution in [3.05, 3.63) is 11.6 Å². The molecule has 0 saturated heterocycles. The van der Waals surface area contributed by atoms with Crippen LogP contribution in [-0.4, -0.2) is 0 Å². The van der Waals surface area contributed by atoms with E-state index >= 15 is 0 Å². The number of rotatable bonds is 1. The van der Waals surface area contributed by atoms with E-state index in [1.54, 1.807) is 5.57 Å². The van der Waals surface area contributed by atoms with Crippen molar-refractivity contribution < 1.29 is 0 Å². The number of allylic oxidation sites excluding steroid dienone is 2. The van der Waals surface area contributed by atoms with Gasteiger partial charge in [0.05, 0.1) is 0 Å². The minimum atomic E-state index is 1.28. The second-order valence-electron chi connectivity index (χ2n) is 2.46. The van der Waals surface area contributed by atoms with E-state index in [-0.39, 0.29) is 0 Å². The SMILES string of the molecule is CCC1=CCCCC1. The Balaban J connectivity index is 2.37. The molecule has 0 N–H and O–H groups in total. The lowest BCUT2D eigenvalue weighted by atomic mass is 9.98. The first-order chi connectivity index (χ1) is 3.93. The van der Waals surface area contributed by atoms with Crippen LogP contribution in [0.3, 0.4) is 0 Å². The van der Waals surface area contributed by atoms with Crippen molar-refractivity contribution in [2.24, 2.45) is 0 Å². The van der Waals surface area contributed by atoms with Crippen molar-refractivity contribution in [2.75, 3.05) is 0 Å². The van der Waals surface area contributed by atoms with Gasteiger partial charge in [0.15, 0.2) is 0 Å². The average Bonchev–Trinajstić information content (AvgIpc) is 1.90. The van der Waals surface area contributed by atoms with Gasteiger partial charge in [-0.25, -0.2) is 0 Å². The molecule has 0 aromatic rings. The van der Waals surface area contributed by atoms with Gasteiger partial charge in [-0.15, -0.1) is 0 Å². The third-order valence-electron chi connectivity index (χ3n) is 1.84. The van der Waals surface area contributed by atoms with Crippen LogP contribution in [0.15, 0.2) is 11.6 Å². The summed E-state index contributed by atoms with van der Waals surface area (Å²) in [6, 6.07) is 0. The van der Waals surface area contributed by atoms with Crippen LogP contribution in [0.5, 0.6) is 0 Å². The molecule has 0 aliphatic heterocycles. The molecular formula is C8H14. The van der Waals surface area contributed by atoms with E-state index < -0.39 is 0 Å². The Kier molecular flexibility index (Phi) is 2.13. The first-order valence-electron chi connectivity index (χ1n) is 3.61. The molecule has 0 bridgehead atoms. The van der Waals surface area contributed by atoms with Gasteiger partial charge in [0.25, 0.3) is 0 Å². The summed E-state index contributed by atoms with van der Waals surface area (Å²) >= 11 is 0. The summed E-state index contributed by atoms with van der Waals surface area (Å²) in [4.78, 5) is 0. The fraction of sp³-hybridized carbons (Fsp3) is 0.750. The smallest absolute Gasteiger partial charge is 0.0320 e. The second-order valence-corrected chi connectivity index (χ2v) is 2.46. The van der Waals surface area contributed by atoms with Crippen molar-refractivity contribution in [1.82, 2.24) is 0 Å². The van der Waals surface area contributed by atoms with Gasteiger partial charge in [-0.05, 0) is 32.1 Å². The van der Waals surface area contributed by atoms with E-state index in [4.69, 9.17) is 0 Å². The van der Waals surface area contributed by atoms with Crippen molar-refractivity contribution in [3.8, 4) is 0 Å². The molecular weight excluding hydrogens is 96.1 g/mol. The van der Waals surface area contributed by atoms with Gasteiger partial charge in [0, 0.05) is 0 Å². The van der Waals surface area contributed by atoms with Gasteiger partial charge in [-0.3, -0.25) is 0 Å². The maximum absolute atomic E-state index is 2.41. The molecule has 0 aromatic heterocycles. The maximum Gasteiger partial charge on any atom is -0.0320 e. The highest BCUT2D eigenvalue weighted by Gasteiger charge is 1.98. The molecule has 0 unspecified atom stereocenters. The summed E-state index contributed by atoms with van der Waals surface area (Å²) in [5, 5.41) is 0. The summed E-state index contributed by atoms with van der Waals surface area (Å²) in [7, 11) is 0. The predicted octanol–water partition coefficient (Wildman–Crippen LogP) is 2.90. The lowest BCUT2D eigenvalue weighted by Gasteiger charge is -2.08. The zero-order valence-electron chi connectivity index (χ0n) is 5.61. The van der Waals surface area contributed by atoms with E-state index in [1.165, 1.54) is 32.1 Å². The highest BCUT2D eigenvalue weighted by Crippen LogP contribution is 2.18. The van der Waals surface area contributed by atoms with E-state index in [0.29, 0.717) is 0 Å². The van der Waals surface area contributed by atoms with Crippen LogP contribution in [0, 0.1) is 0 Å². The van der Waals surface area contributed by atoms with E-state index in [0.717, 1.165) is 0 Å². The Hall–Kier alpha value is -0.260. The molecule has 0 spiro atoms. The minimum Gasteiger partial charge on any atom is -0.0853 e. The largest absolute Gasteiger partial charge is 0.0853 e. The quantitative estimate of drug-likeness (QED) is 0.455. The lowest BCUT2D eigenvalue weighted by Crippen LogP contribution is -1.88. The highest BCUT2D eigenvalue weighted by molar-refractivity contribution is 5.03. The van der Waals surface area contributed by atoms with Gasteiger partial charge in [0.2, 0.25) is 0 Å². The number of hydrogen-bond acceptors (Lipinski definition) is 0. The maximum atomic E-state index is 2.41. The molecule has 46 valence electrons. The molecule has 1 rings (SSSR count). The second kappa shape index (κ2) is 2.91. The van der Waals surface area contributed by atoms with Crippen LogP contribution in [0.25, 0.3) is 0 Å². The molecule has 0 saturated carbocycles. The van der Waals surface area contributed by atoms with Gasteiger partial charge in [-0.1, -0.05) is 18.6 Å². The fourth-order valence-electron chi connectivity index (χ4n) is 1.23. The molecule has 0 fully saturated rings. The molecule has 0 amide bonds. The Labute approximate surface area is 51.6 Å². The van der Waals surface area contributed by atoms with Crippen molar-refractivity contribution in [3.63, 3.8) is 0 Å². The van der Waals surface area contributed by atoms with Crippen LogP contribution < -0.4 is 0 Å².